The van der Waals surface area contributed by atoms with Gasteiger partial charge in [-0.05, 0) is 53.4 Å². The van der Waals surface area contributed by atoms with Crippen molar-refractivity contribution >= 4 is 46.1 Å². The smallest absolute Gasteiger partial charge is 0.251 e. The van der Waals surface area contributed by atoms with Crippen molar-refractivity contribution < 1.29 is 28.6 Å². The summed E-state index contributed by atoms with van der Waals surface area (Å²) in [4.78, 5) is 47.4. The van der Waals surface area contributed by atoms with Crippen LogP contribution in [0.25, 0.3) is 10.8 Å². The second kappa shape index (κ2) is 11.5. The maximum absolute atomic E-state index is 13.4. The highest BCUT2D eigenvalue weighted by Gasteiger charge is 2.52. The number of para-hydroxylation sites is 1. The highest BCUT2D eigenvalue weighted by Crippen LogP contribution is 2.47. The molecule has 224 valence electrons. The standard InChI is InChI=1S/C32H29N5O6S/c33-29-22-13-19(5-6-20(22)9-10-34-29)16-35-31(40)23-15-32(41-11-12-42-32)18-37(23)28(38)17-36-30(39)21-7-8-27-25(14-21)43-24-3-1-2-4-26(24)44-27/h1-10,13-14,23H,11-12,15-18H2,(H2,33,34)(H,35,40)(H,36,39). The molecule has 44 heavy (non-hydrogen) atoms. The Morgan fingerprint density at radius 3 is 2.66 bits per heavy atom. The zero-order valence-corrected chi connectivity index (χ0v) is 24.4. The molecule has 3 aromatic carbocycles. The summed E-state index contributed by atoms with van der Waals surface area (Å²) in [6, 6.07) is 19.6. The van der Waals surface area contributed by atoms with Crippen LogP contribution < -0.4 is 21.1 Å². The van der Waals surface area contributed by atoms with E-state index in [2.05, 4.69) is 15.6 Å². The van der Waals surface area contributed by atoms with Gasteiger partial charge in [0.25, 0.3) is 5.91 Å². The number of benzene rings is 3. The van der Waals surface area contributed by atoms with Gasteiger partial charge >= 0.3 is 0 Å². The molecule has 0 aliphatic carbocycles. The predicted octanol–water partition coefficient (Wildman–Crippen LogP) is 3.46. The molecule has 1 aromatic heterocycles. The van der Waals surface area contributed by atoms with E-state index in [1.165, 1.54) is 4.90 Å². The third kappa shape index (κ3) is 5.43. The van der Waals surface area contributed by atoms with Gasteiger partial charge in [-0.25, -0.2) is 4.98 Å². The molecule has 1 atom stereocenters. The van der Waals surface area contributed by atoms with E-state index >= 15 is 0 Å². The van der Waals surface area contributed by atoms with Crippen molar-refractivity contribution in [2.45, 2.75) is 34.6 Å². The molecule has 4 N–H and O–H groups in total. The van der Waals surface area contributed by atoms with Gasteiger partial charge in [-0.3, -0.25) is 14.4 Å². The molecule has 0 saturated carbocycles. The van der Waals surface area contributed by atoms with E-state index in [9.17, 15) is 14.4 Å². The highest BCUT2D eigenvalue weighted by atomic mass is 32.2. The van der Waals surface area contributed by atoms with Crippen LogP contribution in [0.1, 0.15) is 22.3 Å². The first-order chi connectivity index (χ1) is 21.4. The summed E-state index contributed by atoms with van der Waals surface area (Å²) in [5.41, 5.74) is 7.22. The number of hydrogen-bond donors (Lipinski definition) is 3. The number of nitrogens with two attached hydrogens (primary N) is 1. The van der Waals surface area contributed by atoms with Crippen molar-refractivity contribution in [3.63, 3.8) is 0 Å². The van der Waals surface area contributed by atoms with Crippen molar-refractivity contribution in [1.29, 1.82) is 0 Å². The van der Waals surface area contributed by atoms with Crippen molar-refractivity contribution in [2.24, 2.45) is 0 Å². The summed E-state index contributed by atoms with van der Waals surface area (Å²) < 4.78 is 17.7. The number of likely N-dealkylation sites (tertiary alicyclic amines) is 1. The first kappa shape index (κ1) is 28.1. The predicted molar refractivity (Wildman–Crippen MR) is 162 cm³/mol. The summed E-state index contributed by atoms with van der Waals surface area (Å²) in [5, 5.41) is 7.38. The lowest BCUT2D eigenvalue weighted by Crippen LogP contribution is -2.49. The molecule has 0 bridgehead atoms. The summed E-state index contributed by atoms with van der Waals surface area (Å²) in [6.07, 6.45) is 1.84. The lowest BCUT2D eigenvalue weighted by Gasteiger charge is -2.24. The van der Waals surface area contributed by atoms with E-state index in [0.717, 1.165) is 31.9 Å². The SMILES string of the molecule is Nc1nccc2ccc(CNC(=O)C3CC4(CN3C(=O)CNC(=O)c3ccc5c(c3)Oc3ccccc3S5)OCCO4)cc12. The largest absolute Gasteiger partial charge is 0.455 e. The molecule has 4 aromatic rings. The first-order valence-corrected chi connectivity index (χ1v) is 15.0. The molecule has 3 aliphatic rings. The molecule has 2 saturated heterocycles. The van der Waals surface area contributed by atoms with Gasteiger partial charge in [0.15, 0.2) is 5.79 Å². The molecule has 2 fully saturated rings. The molecule has 1 spiro atoms. The molecule has 4 heterocycles. The minimum Gasteiger partial charge on any atom is -0.455 e. The number of carbonyl (C=O) groups excluding carboxylic acids is 3. The van der Waals surface area contributed by atoms with Crippen LogP contribution >= 0.6 is 11.8 Å². The van der Waals surface area contributed by atoms with E-state index in [1.54, 1.807) is 30.1 Å². The van der Waals surface area contributed by atoms with Gasteiger partial charge < -0.3 is 35.5 Å². The second-order valence-corrected chi connectivity index (χ2v) is 11.9. The lowest BCUT2D eigenvalue weighted by molar-refractivity contribution is -0.152. The van der Waals surface area contributed by atoms with E-state index < -0.39 is 23.6 Å². The normalized spacial score (nSPS) is 18.0. The number of fused-ring (bicyclic) bond motifs is 3. The average Bonchev–Trinajstić information content (AvgIpc) is 3.67. The molecule has 7 rings (SSSR count). The quantitative estimate of drug-likeness (QED) is 0.263. The molecule has 1 unspecified atom stereocenters. The Kier molecular flexibility index (Phi) is 7.32. The molecule has 12 heteroatoms. The Labute approximate surface area is 257 Å². The van der Waals surface area contributed by atoms with Gasteiger partial charge in [-0.1, -0.05) is 36.0 Å². The van der Waals surface area contributed by atoms with Crippen LogP contribution in [-0.2, 0) is 25.6 Å². The molecular weight excluding hydrogens is 582 g/mol. The third-order valence-corrected chi connectivity index (χ3v) is 9.07. The number of rotatable bonds is 6. The second-order valence-electron chi connectivity index (χ2n) is 10.8. The van der Waals surface area contributed by atoms with E-state index in [0.29, 0.717) is 30.3 Å². The monoisotopic (exact) mass is 611 g/mol. The maximum Gasteiger partial charge on any atom is 0.251 e. The Bertz CT molecular complexity index is 1790. The van der Waals surface area contributed by atoms with Gasteiger partial charge in [0, 0.05) is 30.1 Å². The summed E-state index contributed by atoms with van der Waals surface area (Å²) in [5.74, 6) is -0.525. The summed E-state index contributed by atoms with van der Waals surface area (Å²) in [7, 11) is 0. The van der Waals surface area contributed by atoms with Crippen LogP contribution in [0.4, 0.5) is 5.82 Å². The number of hydrogen-bond acceptors (Lipinski definition) is 9. The van der Waals surface area contributed by atoms with Crippen molar-refractivity contribution in [3.05, 3.63) is 84.1 Å². The van der Waals surface area contributed by atoms with E-state index in [-0.39, 0.29) is 32.0 Å². The fourth-order valence-corrected chi connectivity index (χ4v) is 6.66. The van der Waals surface area contributed by atoms with Crippen LogP contribution in [0, 0.1) is 0 Å². The Morgan fingerprint density at radius 2 is 1.80 bits per heavy atom. The number of amides is 3. The minimum absolute atomic E-state index is 0.0846. The van der Waals surface area contributed by atoms with Crippen LogP contribution in [0.5, 0.6) is 11.5 Å². The molecule has 3 amide bonds. The van der Waals surface area contributed by atoms with Crippen LogP contribution in [-0.4, -0.2) is 65.7 Å². The number of anilines is 1. The van der Waals surface area contributed by atoms with Crippen LogP contribution in [0.15, 0.2) is 82.7 Å². The third-order valence-electron chi connectivity index (χ3n) is 7.95. The first-order valence-electron chi connectivity index (χ1n) is 14.2. The van der Waals surface area contributed by atoms with Gasteiger partial charge in [-0.2, -0.15) is 0 Å². The van der Waals surface area contributed by atoms with Gasteiger partial charge in [0.1, 0.15) is 23.4 Å². The van der Waals surface area contributed by atoms with E-state index in [4.69, 9.17) is 19.9 Å². The van der Waals surface area contributed by atoms with Crippen molar-refractivity contribution in [1.82, 2.24) is 20.5 Å². The zero-order chi connectivity index (χ0) is 30.3. The number of aromatic nitrogens is 1. The lowest BCUT2D eigenvalue weighted by atomic mass is 10.1. The zero-order valence-electron chi connectivity index (χ0n) is 23.6. The van der Waals surface area contributed by atoms with Gasteiger partial charge in [-0.15, -0.1) is 0 Å². The average molecular weight is 612 g/mol. The van der Waals surface area contributed by atoms with Gasteiger partial charge in [0.05, 0.1) is 36.1 Å². The molecule has 0 radical (unpaired) electrons. The summed E-state index contributed by atoms with van der Waals surface area (Å²) >= 11 is 1.57. The number of pyridine rings is 1. The topological polar surface area (TPSA) is 145 Å². The highest BCUT2D eigenvalue weighted by molar-refractivity contribution is 7.99. The number of nitrogens with one attached hydrogen (secondary N) is 2. The maximum atomic E-state index is 13.4. The van der Waals surface area contributed by atoms with Crippen LogP contribution in [0.3, 0.4) is 0 Å². The van der Waals surface area contributed by atoms with Gasteiger partial charge in [0.2, 0.25) is 11.8 Å². The van der Waals surface area contributed by atoms with E-state index in [1.807, 2.05) is 54.6 Å². The molecular formula is C32H29N5O6S. The Morgan fingerprint density at radius 1 is 0.977 bits per heavy atom. The minimum atomic E-state index is -1.05. The summed E-state index contributed by atoms with van der Waals surface area (Å²) in [6.45, 7) is 0.772. The molecule has 3 aliphatic heterocycles. The fourth-order valence-electron chi connectivity index (χ4n) is 5.73. The van der Waals surface area contributed by atoms with Crippen molar-refractivity contribution in [2.75, 3.05) is 32.0 Å². The number of ether oxygens (including phenoxy) is 3. The number of carbonyl (C=O) groups is 3. The number of nitrogen functional groups attached to an aromatic ring is 1. The molecule has 11 nitrogen and oxygen atoms in total. The number of nitrogens with zero attached hydrogens (tertiary/aromatic N) is 2. The van der Waals surface area contributed by atoms with Crippen LogP contribution in [0.2, 0.25) is 0 Å². The van der Waals surface area contributed by atoms with Crippen molar-refractivity contribution in [3.8, 4) is 11.5 Å². The Balaban J connectivity index is 1.01. The Hall–Kier alpha value is -4.65. The fraction of sp³-hybridized carbons (Fsp3) is 0.250.